The summed E-state index contributed by atoms with van der Waals surface area (Å²) in [5, 5.41) is 23.4. The van der Waals surface area contributed by atoms with Gasteiger partial charge in [0.2, 0.25) is 5.82 Å². The second-order valence-corrected chi connectivity index (χ2v) is 6.95. The molecule has 160 valence electrons. The fourth-order valence-electron chi connectivity index (χ4n) is 3.18. The molecule has 0 aliphatic carbocycles. The molecule has 4 aromatic rings. The number of alkyl halides is 3. The van der Waals surface area contributed by atoms with Gasteiger partial charge in [-0.3, -0.25) is 4.98 Å². The number of nitrogens with zero attached hydrogens (tertiary/aromatic N) is 4. The zero-order chi connectivity index (χ0) is 22.6. The van der Waals surface area contributed by atoms with Crippen molar-refractivity contribution in [2.75, 3.05) is 0 Å². The average Bonchev–Trinajstić information content (AvgIpc) is 3.32. The summed E-state index contributed by atoms with van der Waals surface area (Å²) in [6.07, 6.45) is 0.0797. The first-order valence-electron chi connectivity index (χ1n) is 9.58. The Hall–Kier alpha value is -4.19. The average molecular weight is 435 g/mol. The van der Waals surface area contributed by atoms with Crippen molar-refractivity contribution >= 4 is 0 Å². The number of aromatic hydroxyl groups is 1. The zero-order valence-corrected chi connectivity index (χ0v) is 16.6. The molecule has 0 saturated carbocycles. The van der Waals surface area contributed by atoms with E-state index in [4.69, 9.17) is 0 Å². The highest BCUT2D eigenvalue weighted by Gasteiger charge is 2.33. The van der Waals surface area contributed by atoms with Gasteiger partial charge in [0, 0.05) is 29.1 Å². The van der Waals surface area contributed by atoms with Crippen LogP contribution in [-0.2, 0) is 19.0 Å². The maximum Gasteiger partial charge on any atom is 0.417 e. The minimum Gasteiger partial charge on any atom is -0.508 e. The van der Waals surface area contributed by atoms with Crippen LogP contribution in [0.1, 0.15) is 27.8 Å². The quantitative estimate of drug-likeness (QED) is 0.470. The number of phenols is 1. The fourth-order valence-corrected chi connectivity index (χ4v) is 3.18. The van der Waals surface area contributed by atoms with Gasteiger partial charge in [-0.2, -0.15) is 18.4 Å². The number of nitrogens with one attached hydrogen (secondary N) is 1. The van der Waals surface area contributed by atoms with E-state index in [-0.39, 0.29) is 5.56 Å². The van der Waals surface area contributed by atoms with Crippen LogP contribution >= 0.6 is 0 Å². The Kier molecular flexibility index (Phi) is 5.85. The van der Waals surface area contributed by atoms with Crippen LogP contribution in [0.2, 0.25) is 0 Å². The Morgan fingerprint density at radius 2 is 1.78 bits per heavy atom. The van der Waals surface area contributed by atoms with E-state index in [1.54, 1.807) is 24.5 Å². The molecular formula is C23H16F3N5O. The standard InChI is InChI=1S/C23H16F3N5O/c24-23(25,26)21-13-20(32)10-9-17(21)7-5-16-6-8-19(22-28-30-31-29-22)12-18(16)4-3-15-2-1-11-27-14-15/h1-2,6,8-14,32H,3-4H2,(H,28,29,30,31). The molecule has 0 unspecified atom stereocenters. The Morgan fingerprint density at radius 1 is 0.969 bits per heavy atom. The molecule has 0 spiro atoms. The molecule has 9 heteroatoms. The maximum atomic E-state index is 13.3. The third-order valence-electron chi connectivity index (χ3n) is 4.75. The van der Waals surface area contributed by atoms with Crippen LogP contribution in [0, 0.1) is 11.8 Å². The van der Waals surface area contributed by atoms with Crippen LogP contribution in [0.3, 0.4) is 0 Å². The van der Waals surface area contributed by atoms with E-state index in [9.17, 15) is 18.3 Å². The molecule has 32 heavy (non-hydrogen) atoms. The summed E-state index contributed by atoms with van der Waals surface area (Å²) in [6.45, 7) is 0. The summed E-state index contributed by atoms with van der Waals surface area (Å²) >= 11 is 0. The van der Waals surface area contributed by atoms with Crippen molar-refractivity contribution in [3.8, 4) is 29.0 Å². The number of benzene rings is 2. The Balaban J connectivity index is 1.71. The molecule has 2 aromatic carbocycles. The lowest BCUT2D eigenvalue weighted by Gasteiger charge is -2.10. The number of phenolic OH excluding ortho intramolecular Hbond substituents is 1. The van der Waals surface area contributed by atoms with Gasteiger partial charge in [-0.25, -0.2) is 0 Å². The van der Waals surface area contributed by atoms with Crippen molar-refractivity contribution in [1.82, 2.24) is 25.6 Å². The molecule has 2 aromatic heterocycles. The highest BCUT2D eigenvalue weighted by Crippen LogP contribution is 2.34. The normalized spacial score (nSPS) is 11.1. The van der Waals surface area contributed by atoms with Gasteiger partial charge < -0.3 is 5.11 Å². The summed E-state index contributed by atoms with van der Waals surface area (Å²) in [7, 11) is 0. The molecule has 6 nitrogen and oxygen atoms in total. The van der Waals surface area contributed by atoms with Gasteiger partial charge >= 0.3 is 6.18 Å². The van der Waals surface area contributed by atoms with E-state index in [1.807, 2.05) is 18.2 Å². The van der Waals surface area contributed by atoms with Crippen LogP contribution in [-0.4, -0.2) is 30.7 Å². The number of aryl methyl sites for hydroxylation is 2. The Bertz CT molecular complexity index is 1280. The molecule has 0 amide bonds. The van der Waals surface area contributed by atoms with Crippen LogP contribution in [0.5, 0.6) is 5.75 Å². The van der Waals surface area contributed by atoms with E-state index in [1.165, 1.54) is 6.07 Å². The van der Waals surface area contributed by atoms with Gasteiger partial charge in [0.25, 0.3) is 0 Å². The molecule has 4 rings (SSSR count). The summed E-state index contributed by atoms with van der Waals surface area (Å²) in [6, 6.07) is 12.1. The molecule has 0 bridgehead atoms. The van der Waals surface area contributed by atoms with Gasteiger partial charge in [-0.1, -0.05) is 17.9 Å². The zero-order valence-electron chi connectivity index (χ0n) is 16.6. The molecular weight excluding hydrogens is 419 g/mol. The van der Waals surface area contributed by atoms with Gasteiger partial charge in [0.05, 0.1) is 5.56 Å². The first-order valence-corrected chi connectivity index (χ1v) is 9.58. The number of pyridine rings is 1. The topological polar surface area (TPSA) is 87.6 Å². The monoisotopic (exact) mass is 435 g/mol. The number of hydrogen-bond donors (Lipinski definition) is 2. The Morgan fingerprint density at radius 3 is 2.50 bits per heavy atom. The highest BCUT2D eigenvalue weighted by atomic mass is 19.4. The van der Waals surface area contributed by atoms with Crippen molar-refractivity contribution in [1.29, 1.82) is 0 Å². The fraction of sp³-hybridized carbons (Fsp3) is 0.130. The predicted octanol–water partition coefficient (Wildman–Crippen LogP) is 4.17. The second kappa shape index (κ2) is 8.89. The van der Waals surface area contributed by atoms with Crippen LogP contribution in [0.15, 0.2) is 60.9 Å². The van der Waals surface area contributed by atoms with E-state index < -0.39 is 17.5 Å². The van der Waals surface area contributed by atoms with Crippen LogP contribution in [0.4, 0.5) is 13.2 Å². The minimum absolute atomic E-state index is 0.212. The minimum atomic E-state index is -4.63. The van der Waals surface area contributed by atoms with E-state index in [0.717, 1.165) is 17.2 Å². The third-order valence-corrected chi connectivity index (χ3v) is 4.75. The molecule has 0 atom stereocenters. The summed E-state index contributed by atoms with van der Waals surface area (Å²) < 4.78 is 40.0. The van der Waals surface area contributed by atoms with Crippen LogP contribution < -0.4 is 0 Å². The lowest BCUT2D eigenvalue weighted by atomic mass is 9.97. The van der Waals surface area contributed by atoms with Crippen molar-refractivity contribution in [2.24, 2.45) is 0 Å². The number of rotatable bonds is 4. The predicted molar refractivity (Wildman–Crippen MR) is 110 cm³/mol. The number of aromatic nitrogens is 5. The largest absolute Gasteiger partial charge is 0.508 e. The number of hydrogen-bond acceptors (Lipinski definition) is 5. The molecule has 2 N–H and O–H groups in total. The molecule has 0 radical (unpaired) electrons. The molecule has 0 fully saturated rings. The highest BCUT2D eigenvalue weighted by molar-refractivity contribution is 5.60. The van der Waals surface area contributed by atoms with Crippen molar-refractivity contribution in [2.45, 2.75) is 19.0 Å². The van der Waals surface area contributed by atoms with Crippen molar-refractivity contribution in [3.63, 3.8) is 0 Å². The lowest BCUT2D eigenvalue weighted by molar-refractivity contribution is -0.137. The SMILES string of the molecule is Oc1ccc(C#Cc2ccc(-c3nn[nH]n3)cc2CCc2cccnc2)c(C(F)(F)F)c1. The number of tetrazole rings is 1. The summed E-state index contributed by atoms with van der Waals surface area (Å²) in [5.41, 5.74) is 1.96. The molecule has 0 aliphatic rings. The van der Waals surface area contributed by atoms with Crippen LogP contribution in [0.25, 0.3) is 11.4 Å². The number of H-pyrrole nitrogens is 1. The van der Waals surface area contributed by atoms with E-state index in [0.29, 0.717) is 35.9 Å². The smallest absolute Gasteiger partial charge is 0.417 e. The summed E-state index contributed by atoms with van der Waals surface area (Å²) in [5.74, 6) is 5.41. The summed E-state index contributed by atoms with van der Waals surface area (Å²) in [4.78, 5) is 4.11. The number of aromatic amines is 1. The molecule has 2 heterocycles. The van der Waals surface area contributed by atoms with E-state index >= 15 is 0 Å². The first-order chi connectivity index (χ1) is 15.4. The number of halogens is 3. The van der Waals surface area contributed by atoms with Crippen molar-refractivity contribution < 1.29 is 18.3 Å². The first kappa shape index (κ1) is 21.1. The third kappa shape index (κ3) is 4.92. The molecule has 0 aliphatic heterocycles. The Labute approximate surface area is 181 Å². The molecule has 0 saturated heterocycles. The maximum absolute atomic E-state index is 13.3. The van der Waals surface area contributed by atoms with Gasteiger partial charge in [-0.15, -0.1) is 10.2 Å². The van der Waals surface area contributed by atoms with Gasteiger partial charge in [0.1, 0.15) is 5.75 Å². The lowest BCUT2D eigenvalue weighted by Crippen LogP contribution is -2.07. The van der Waals surface area contributed by atoms with Gasteiger partial charge in [-0.05, 0) is 71.6 Å². The van der Waals surface area contributed by atoms with Gasteiger partial charge in [0.15, 0.2) is 0 Å². The van der Waals surface area contributed by atoms with Crippen molar-refractivity contribution in [3.05, 3.63) is 88.7 Å². The van der Waals surface area contributed by atoms with E-state index in [2.05, 4.69) is 37.4 Å². The second-order valence-electron chi connectivity index (χ2n) is 6.95.